The standard InChI is InChI=1S/C16H13F4N5O8S3/c17-10-9(11(18)13(20)14(12(10)19)23-24-21)15(28)22-2-4-35-34-3-1-8(27)33-25-7(26)5-6(16(25)29)36(30,31)32/h6H,1-5H2,(H,22,28)(H,30,31,32). The van der Waals surface area contributed by atoms with E-state index < -0.39 is 80.0 Å². The topological polar surface area (TPSA) is 196 Å². The number of imide groups is 1. The van der Waals surface area contributed by atoms with E-state index in [-0.39, 0.29) is 29.5 Å². The number of benzene rings is 1. The molecule has 0 radical (unpaired) electrons. The van der Waals surface area contributed by atoms with Gasteiger partial charge in [0.25, 0.3) is 27.8 Å². The molecule has 1 aromatic carbocycles. The largest absolute Gasteiger partial charge is 0.351 e. The van der Waals surface area contributed by atoms with Gasteiger partial charge in [-0.1, -0.05) is 26.7 Å². The van der Waals surface area contributed by atoms with Crippen molar-refractivity contribution in [3.8, 4) is 0 Å². The lowest BCUT2D eigenvalue weighted by Gasteiger charge is -2.13. The molecule has 0 aromatic heterocycles. The molecular formula is C16H13F4N5O8S3. The average Bonchev–Trinajstić information content (AvgIpc) is 3.08. The molecule has 0 spiro atoms. The second kappa shape index (κ2) is 12.3. The monoisotopic (exact) mass is 575 g/mol. The molecule has 1 atom stereocenters. The molecule has 2 N–H and O–H groups in total. The molecule has 1 aliphatic heterocycles. The van der Waals surface area contributed by atoms with Crippen LogP contribution in [0.2, 0.25) is 0 Å². The molecule has 0 bridgehead atoms. The number of carbonyl (C=O) groups excluding carboxylic acids is 4. The van der Waals surface area contributed by atoms with Crippen molar-refractivity contribution in [3.05, 3.63) is 39.3 Å². The molecule has 1 aromatic rings. The van der Waals surface area contributed by atoms with E-state index in [9.17, 15) is 45.2 Å². The highest BCUT2D eigenvalue weighted by atomic mass is 33.1. The van der Waals surface area contributed by atoms with Crippen LogP contribution in [0.4, 0.5) is 23.2 Å². The molecular weight excluding hydrogens is 562 g/mol. The van der Waals surface area contributed by atoms with Crippen LogP contribution in [0.1, 0.15) is 23.2 Å². The van der Waals surface area contributed by atoms with Crippen LogP contribution in [0.5, 0.6) is 0 Å². The average molecular weight is 576 g/mol. The fraction of sp³-hybridized carbons (Fsp3) is 0.375. The number of azide groups is 1. The van der Waals surface area contributed by atoms with Crippen molar-refractivity contribution in [2.75, 3.05) is 18.1 Å². The van der Waals surface area contributed by atoms with Crippen molar-refractivity contribution >= 4 is 61.1 Å². The minimum Gasteiger partial charge on any atom is -0.351 e. The molecule has 20 heteroatoms. The van der Waals surface area contributed by atoms with Crippen molar-refractivity contribution in [2.24, 2.45) is 5.11 Å². The quantitative estimate of drug-likeness (QED) is 0.0454. The Hall–Kier alpha value is -3.06. The van der Waals surface area contributed by atoms with E-state index in [1.807, 2.05) is 10.2 Å². The van der Waals surface area contributed by atoms with E-state index in [2.05, 4.69) is 9.95 Å². The first-order valence-electron chi connectivity index (χ1n) is 9.28. The zero-order valence-electron chi connectivity index (χ0n) is 17.4. The highest BCUT2D eigenvalue weighted by Gasteiger charge is 2.48. The van der Waals surface area contributed by atoms with Gasteiger partial charge in [-0.3, -0.25) is 18.9 Å². The van der Waals surface area contributed by atoms with Crippen molar-refractivity contribution in [1.29, 1.82) is 0 Å². The van der Waals surface area contributed by atoms with Gasteiger partial charge in [-0.25, -0.2) is 22.4 Å². The lowest BCUT2D eigenvalue weighted by molar-refractivity contribution is -0.197. The smallest absolute Gasteiger partial charge is 0.334 e. The van der Waals surface area contributed by atoms with Gasteiger partial charge in [0.1, 0.15) is 11.3 Å². The SMILES string of the molecule is [N-]=[N+]=Nc1c(F)c(F)c(C(=O)NCCSSCCC(=O)ON2C(=O)CC(S(=O)(=O)O)C2=O)c(F)c1F. The number of carbonyl (C=O) groups is 4. The number of halogens is 4. The summed E-state index contributed by atoms with van der Waals surface area (Å²) in [6.45, 7) is -0.227. The molecule has 36 heavy (non-hydrogen) atoms. The number of nitrogens with zero attached hydrogens (tertiary/aromatic N) is 4. The first kappa shape index (κ1) is 29.2. The van der Waals surface area contributed by atoms with Crippen LogP contribution >= 0.6 is 21.6 Å². The summed E-state index contributed by atoms with van der Waals surface area (Å²) < 4.78 is 86.3. The Morgan fingerprint density at radius 2 is 1.72 bits per heavy atom. The zero-order chi connectivity index (χ0) is 27.2. The van der Waals surface area contributed by atoms with Crippen LogP contribution in [0, 0.1) is 23.3 Å². The summed E-state index contributed by atoms with van der Waals surface area (Å²) in [5.74, 6) is -13.1. The Morgan fingerprint density at radius 1 is 1.14 bits per heavy atom. The first-order chi connectivity index (χ1) is 16.8. The van der Waals surface area contributed by atoms with Crippen LogP contribution in [0.25, 0.3) is 10.4 Å². The van der Waals surface area contributed by atoms with Gasteiger partial charge in [-0.2, -0.15) is 8.42 Å². The van der Waals surface area contributed by atoms with E-state index >= 15 is 0 Å². The third-order valence-electron chi connectivity index (χ3n) is 4.17. The second-order valence-corrected chi connectivity index (χ2v) is 10.8. The summed E-state index contributed by atoms with van der Waals surface area (Å²) in [6.07, 6.45) is -1.23. The number of hydroxylamine groups is 2. The molecule has 196 valence electrons. The number of rotatable bonds is 11. The molecule has 1 fully saturated rings. The Balaban J connectivity index is 1.75. The van der Waals surface area contributed by atoms with Crippen molar-refractivity contribution in [3.63, 3.8) is 0 Å². The maximum absolute atomic E-state index is 13.9. The summed E-state index contributed by atoms with van der Waals surface area (Å²) >= 11 is 0. The molecule has 3 amide bonds. The molecule has 1 unspecified atom stereocenters. The minimum absolute atomic E-state index is 0.0444. The lowest BCUT2D eigenvalue weighted by Crippen LogP contribution is -2.36. The predicted molar refractivity (Wildman–Crippen MR) is 115 cm³/mol. The normalized spacial score (nSPS) is 15.6. The Morgan fingerprint density at radius 3 is 2.25 bits per heavy atom. The fourth-order valence-corrected chi connectivity index (χ4v) is 5.13. The molecule has 0 saturated carbocycles. The number of nitrogens with one attached hydrogen (secondary N) is 1. The third-order valence-corrected chi connectivity index (χ3v) is 7.67. The van der Waals surface area contributed by atoms with Crippen LogP contribution in [0.15, 0.2) is 5.11 Å². The molecule has 13 nitrogen and oxygen atoms in total. The maximum atomic E-state index is 13.9. The Bertz CT molecular complexity index is 1230. The minimum atomic E-state index is -4.86. The van der Waals surface area contributed by atoms with Crippen LogP contribution in [-0.2, 0) is 29.3 Å². The third kappa shape index (κ3) is 6.78. The van der Waals surface area contributed by atoms with Gasteiger partial charge < -0.3 is 10.2 Å². The van der Waals surface area contributed by atoms with Gasteiger partial charge in [0.15, 0.2) is 28.5 Å². The van der Waals surface area contributed by atoms with E-state index in [4.69, 9.17) is 10.1 Å². The maximum Gasteiger partial charge on any atom is 0.334 e. The molecule has 2 rings (SSSR count). The fourth-order valence-electron chi connectivity index (χ4n) is 2.55. The van der Waals surface area contributed by atoms with E-state index in [0.717, 1.165) is 21.6 Å². The van der Waals surface area contributed by atoms with Gasteiger partial charge in [-0.05, 0) is 5.53 Å². The van der Waals surface area contributed by atoms with Gasteiger partial charge in [-0.15, -0.1) is 5.06 Å². The second-order valence-electron chi connectivity index (χ2n) is 6.52. The van der Waals surface area contributed by atoms with Crippen LogP contribution < -0.4 is 5.32 Å². The first-order valence-corrected chi connectivity index (χ1v) is 13.3. The molecule has 1 heterocycles. The van der Waals surface area contributed by atoms with Gasteiger partial charge >= 0.3 is 5.97 Å². The lowest BCUT2D eigenvalue weighted by atomic mass is 10.1. The Kier molecular flexibility index (Phi) is 9.93. The highest BCUT2D eigenvalue weighted by molar-refractivity contribution is 8.76. The summed E-state index contributed by atoms with van der Waals surface area (Å²) in [6, 6.07) is 0. The van der Waals surface area contributed by atoms with Crippen molar-refractivity contribution in [1.82, 2.24) is 10.4 Å². The Labute approximate surface area is 206 Å². The van der Waals surface area contributed by atoms with Crippen molar-refractivity contribution < 1.29 is 54.5 Å². The summed E-state index contributed by atoms with van der Waals surface area (Å²) in [7, 11) is -2.77. The zero-order valence-corrected chi connectivity index (χ0v) is 19.9. The summed E-state index contributed by atoms with van der Waals surface area (Å²) in [5.41, 5.74) is 5.08. The van der Waals surface area contributed by atoms with E-state index in [0.29, 0.717) is 0 Å². The van der Waals surface area contributed by atoms with E-state index in [1.54, 1.807) is 0 Å². The number of hydrogen-bond acceptors (Lipinski definition) is 10. The van der Waals surface area contributed by atoms with E-state index in [1.165, 1.54) is 0 Å². The molecule has 0 aliphatic carbocycles. The molecule has 1 aliphatic rings. The van der Waals surface area contributed by atoms with Gasteiger partial charge in [0.05, 0.1) is 12.8 Å². The summed E-state index contributed by atoms with van der Waals surface area (Å²) in [5, 5.41) is 2.43. The predicted octanol–water partition coefficient (Wildman–Crippen LogP) is 2.16. The van der Waals surface area contributed by atoms with Gasteiger partial charge in [0.2, 0.25) is 0 Å². The highest BCUT2D eigenvalue weighted by Crippen LogP contribution is 2.30. The number of hydrogen-bond donors (Lipinski definition) is 2. The van der Waals surface area contributed by atoms with Crippen LogP contribution in [-0.4, -0.2) is 65.0 Å². The van der Waals surface area contributed by atoms with Crippen LogP contribution in [0.3, 0.4) is 0 Å². The summed E-state index contributed by atoms with van der Waals surface area (Å²) in [4.78, 5) is 53.6. The van der Waals surface area contributed by atoms with Crippen molar-refractivity contribution in [2.45, 2.75) is 18.1 Å². The van der Waals surface area contributed by atoms with Gasteiger partial charge in [0, 0.05) is 23.0 Å². The molecule has 1 saturated heterocycles. The number of amides is 3.